The summed E-state index contributed by atoms with van der Waals surface area (Å²) in [7, 11) is 0. The second kappa shape index (κ2) is 4.83. The monoisotopic (exact) mass is 245 g/mol. The molecule has 1 aromatic carbocycles. The van der Waals surface area contributed by atoms with Gasteiger partial charge < -0.3 is 11.1 Å². The van der Waals surface area contributed by atoms with Crippen LogP contribution in [0.25, 0.3) is 0 Å². The summed E-state index contributed by atoms with van der Waals surface area (Å²) in [5.41, 5.74) is 7.12. The Morgan fingerprint density at radius 3 is 2.78 bits per heavy atom. The summed E-state index contributed by atoms with van der Waals surface area (Å²) in [6, 6.07) is 7.55. The van der Waals surface area contributed by atoms with E-state index in [4.69, 9.17) is 5.73 Å². The van der Waals surface area contributed by atoms with Gasteiger partial charge in [-0.3, -0.25) is 4.79 Å². The molecule has 1 heterocycles. The van der Waals surface area contributed by atoms with Crippen molar-refractivity contribution in [1.82, 2.24) is 4.98 Å². The van der Waals surface area contributed by atoms with Gasteiger partial charge >= 0.3 is 0 Å². The van der Waals surface area contributed by atoms with Gasteiger partial charge in [-0.2, -0.15) is 0 Å². The maximum absolute atomic E-state index is 13.5. The zero-order valence-corrected chi connectivity index (χ0v) is 9.77. The third kappa shape index (κ3) is 2.63. The van der Waals surface area contributed by atoms with E-state index in [1.54, 1.807) is 18.2 Å². The molecule has 1 amide bonds. The summed E-state index contributed by atoms with van der Waals surface area (Å²) >= 11 is 0. The molecule has 0 unspecified atom stereocenters. The number of nitrogens with two attached hydrogens (primary N) is 1. The van der Waals surface area contributed by atoms with Gasteiger partial charge in [0.2, 0.25) is 0 Å². The molecule has 0 aliphatic heterocycles. The topological polar surface area (TPSA) is 68.0 Å². The summed E-state index contributed by atoms with van der Waals surface area (Å²) in [5.74, 6) is -0.955. The van der Waals surface area contributed by atoms with Crippen molar-refractivity contribution < 1.29 is 9.18 Å². The van der Waals surface area contributed by atoms with E-state index in [0.717, 1.165) is 5.56 Å². The van der Waals surface area contributed by atoms with Crippen LogP contribution in [0, 0.1) is 12.7 Å². The lowest BCUT2D eigenvalue weighted by atomic mass is 10.2. The molecule has 1 aromatic heterocycles. The number of rotatable bonds is 2. The highest BCUT2D eigenvalue weighted by atomic mass is 19.1. The maximum atomic E-state index is 13.5. The van der Waals surface area contributed by atoms with Crippen molar-refractivity contribution in [3.8, 4) is 0 Å². The lowest BCUT2D eigenvalue weighted by molar-refractivity contribution is 0.102. The van der Waals surface area contributed by atoms with Crippen LogP contribution in [0.3, 0.4) is 0 Å². The number of hydrogen-bond donors (Lipinski definition) is 2. The predicted octanol–water partition coefficient (Wildman–Crippen LogP) is 2.36. The van der Waals surface area contributed by atoms with Crippen molar-refractivity contribution in [2.75, 3.05) is 11.1 Å². The first-order chi connectivity index (χ1) is 8.56. The van der Waals surface area contributed by atoms with E-state index in [1.807, 2.05) is 6.92 Å². The lowest BCUT2D eigenvalue weighted by Gasteiger charge is -2.06. The summed E-state index contributed by atoms with van der Waals surface area (Å²) < 4.78 is 13.5. The molecule has 0 atom stereocenters. The van der Waals surface area contributed by atoms with Gasteiger partial charge in [0.1, 0.15) is 11.5 Å². The number of pyridine rings is 1. The fraction of sp³-hybridized carbons (Fsp3) is 0.0769. The first kappa shape index (κ1) is 12.0. The molecule has 0 fully saturated rings. The maximum Gasteiger partial charge on any atom is 0.274 e. The molecule has 0 bridgehead atoms. The van der Waals surface area contributed by atoms with Gasteiger partial charge in [0.15, 0.2) is 0 Å². The van der Waals surface area contributed by atoms with Crippen LogP contribution in [-0.4, -0.2) is 10.9 Å². The van der Waals surface area contributed by atoms with Crippen LogP contribution < -0.4 is 11.1 Å². The van der Waals surface area contributed by atoms with Gasteiger partial charge in [-0.25, -0.2) is 9.37 Å². The van der Waals surface area contributed by atoms with Crippen LogP contribution in [0.5, 0.6) is 0 Å². The van der Waals surface area contributed by atoms with Crippen molar-refractivity contribution in [3.05, 3.63) is 53.6 Å². The molecule has 0 radical (unpaired) electrons. The second-order valence-electron chi connectivity index (χ2n) is 3.91. The summed E-state index contributed by atoms with van der Waals surface area (Å²) in [6.07, 6.45) is 1.38. The van der Waals surface area contributed by atoms with Crippen LogP contribution >= 0.6 is 0 Å². The largest absolute Gasteiger partial charge is 0.397 e. The fourth-order valence-corrected chi connectivity index (χ4v) is 1.46. The molecule has 0 aliphatic rings. The van der Waals surface area contributed by atoms with E-state index < -0.39 is 11.7 Å². The standard InChI is InChI=1S/C13H12FN3O/c1-8-2-4-10(14)12(6-8)17-13(18)11-5-3-9(15)7-16-11/h2-7H,15H2,1H3,(H,17,18). The highest BCUT2D eigenvalue weighted by molar-refractivity contribution is 6.03. The van der Waals surface area contributed by atoms with E-state index >= 15 is 0 Å². The quantitative estimate of drug-likeness (QED) is 0.853. The van der Waals surface area contributed by atoms with Crippen LogP contribution in [0.1, 0.15) is 16.1 Å². The Kier molecular flexibility index (Phi) is 3.23. The van der Waals surface area contributed by atoms with E-state index in [2.05, 4.69) is 10.3 Å². The second-order valence-corrected chi connectivity index (χ2v) is 3.91. The molecule has 0 aliphatic carbocycles. The Labute approximate surface area is 104 Å². The Morgan fingerprint density at radius 1 is 1.33 bits per heavy atom. The molecule has 2 aromatic rings. The molecule has 0 saturated carbocycles. The van der Waals surface area contributed by atoms with E-state index in [1.165, 1.54) is 18.3 Å². The average Bonchev–Trinajstić information content (AvgIpc) is 2.34. The van der Waals surface area contributed by atoms with Crippen LogP contribution in [0.15, 0.2) is 36.5 Å². The molecule has 2 rings (SSSR count). The SMILES string of the molecule is Cc1ccc(F)c(NC(=O)c2ccc(N)cn2)c1. The van der Waals surface area contributed by atoms with Crippen LogP contribution in [-0.2, 0) is 0 Å². The smallest absolute Gasteiger partial charge is 0.274 e. The van der Waals surface area contributed by atoms with Crippen molar-refractivity contribution in [3.63, 3.8) is 0 Å². The van der Waals surface area contributed by atoms with Crippen molar-refractivity contribution >= 4 is 17.3 Å². The van der Waals surface area contributed by atoms with Gasteiger partial charge in [0.05, 0.1) is 17.6 Å². The van der Waals surface area contributed by atoms with Crippen molar-refractivity contribution in [2.24, 2.45) is 0 Å². The minimum Gasteiger partial charge on any atom is -0.397 e. The average molecular weight is 245 g/mol. The number of nitrogen functional groups attached to an aromatic ring is 1. The number of halogens is 1. The lowest BCUT2D eigenvalue weighted by Crippen LogP contribution is -2.14. The van der Waals surface area contributed by atoms with Crippen molar-refractivity contribution in [2.45, 2.75) is 6.92 Å². The zero-order valence-electron chi connectivity index (χ0n) is 9.77. The van der Waals surface area contributed by atoms with E-state index in [9.17, 15) is 9.18 Å². The highest BCUT2D eigenvalue weighted by Crippen LogP contribution is 2.16. The van der Waals surface area contributed by atoms with Gasteiger partial charge in [0, 0.05) is 0 Å². The predicted molar refractivity (Wildman–Crippen MR) is 67.7 cm³/mol. The number of benzene rings is 1. The number of hydrogen-bond acceptors (Lipinski definition) is 3. The minimum absolute atomic E-state index is 0.138. The molecule has 4 nitrogen and oxygen atoms in total. The number of amides is 1. The summed E-state index contributed by atoms with van der Waals surface area (Å²) in [6.45, 7) is 1.82. The Morgan fingerprint density at radius 2 is 2.11 bits per heavy atom. The first-order valence-electron chi connectivity index (χ1n) is 5.35. The number of nitrogens with one attached hydrogen (secondary N) is 1. The highest BCUT2D eigenvalue weighted by Gasteiger charge is 2.10. The number of carbonyl (C=O) groups excluding carboxylic acids is 1. The van der Waals surface area contributed by atoms with Gasteiger partial charge in [-0.15, -0.1) is 0 Å². The Balaban J connectivity index is 2.21. The molecular weight excluding hydrogens is 233 g/mol. The van der Waals surface area contributed by atoms with E-state index in [-0.39, 0.29) is 11.4 Å². The number of aromatic nitrogens is 1. The summed E-state index contributed by atoms with van der Waals surface area (Å²) in [4.78, 5) is 15.7. The third-order valence-electron chi connectivity index (χ3n) is 2.39. The number of aryl methyl sites for hydroxylation is 1. The number of carbonyl (C=O) groups is 1. The van der Waals surface area contributed by atoms with Crippen LogP contribution in [0.2, 0.25) is 0 Å². The zero-order chi connectivity index (χ0) is 13.1. The minimum atomic E-state index is -0.482. The van der Waals surface area contributed by atoms with Gasteiger partial charge in [-0.05, 0) is 36.8 Å². The molecule has 0 saturated heterocycles. The fourth-order valence-electron chi connectivity index (χ4n) is 1.46. The molecule has 92 valence electrons. The normalized spacial score (nSPS) is 10.1. The Hall–Kier alpha value is -2.43. The first-order valence-corrected chi connectivity index (χ1v) is 5.35. The molecule has 0 spiro atoms. The van der Waals surface area contributed by atoms with Crippen molar-refractivity contribution in [1.29, 1.82) is 0 Å². The number of nitrogens with zero attached hydrogens (tertiary/aromatic N) is 1. The third-order valence-corrected chi connectivity index (χ3v) is 2.39. The van der Waals surface area contributed by atoms with Crippen LogP contribution in [0.4, 0.5) is 15.8 Å². The molecule has 3 N–H and O–H groups in total. The Bertz CT molecular complexity index is 581. The molecule has 18 heavy (non-hydrogen) atoms. The molecular formula is C13H12FN3O. The summed E-state index contributed by atoms with van der Waals surface area (Å²) in [5, 5.41) is 2.47. The number of anilines is 2. The van der Waals surface area contributed by atoms with Gasteiger partial charge in [0.25, 0.3) is 5.91 Å². The molecule has 5 heteroatoms. The van der Waals surface area contributed by atoms with E-state index in [0.29, 0.717) is 5.69 Å². The van der Waals surface area contributed by atoms with Gasteiger partial charge in [-0.1, -0.05) is 6.07 Å².